The molecule has 4 rings (SSSR count). The zero-order chi connectivity index (χ0) is 33.7. The number of halogens is 10. The third-order valence-electron chi connectivity index (χ3n) is 6.37. The summed E-state index contributed by atoms with van der Waals surface area (Å²) in [4.78, 5) is 0. The second-order valence-electron chi connectivity index (χ2n) is 9.69. The van der Waals surface area contributed by atoms with E-state index in [-0.39, 0.29) is 22.6 Å². The van der Waals surface area contributed by atoms with Crippen LogP contribution in [0.5, 0.6) is 23.0 Å². The Morgan fingerprint density at radius 3 is 1.67 bits per heavy atom. The predicted octanol–water partition coefficient (Wildman–Crippen LogP) is 9.05. The van der Waals surface area contributed by atoms with Gasteiger partial charge in [-0.3, -0.25) is 5.32 Å². The molecule has 2 atom stereocenters. The standard InChI is InChI=1S/C31H23F10NO4/c32-28(33)30(37,38)45-25-6-2-4-20(16-25)27(42-26(17-43)18-7-9-21(10-8-18)29(34,35)36)19-3-1-5-24(15-19)44-22-11-13-23(14-12-22)46-31(39,40)41/h1-16,26-28,42-43H,17H2. The topological polar surface area (TPSA) is 60.0 Å². The minimum Gasteiger partial charge on any atom is -0.457 e. The quantitative estimate of drug-likeness (QED) is 0.148. The Morgan fingerprint density at radius 1 is 0.609 bits per heavy atom. The van der Waals surface area contributed by atoms with Crippen LogP contribution in [0.25, 0.3) is 0 Å². The van der Waals surface area contributed by atoms with Crippen LogP contribution in [0.3, 0.4) is 0 Å². The van der Waals surface area contributed by atoms with E-state index in [4.69, 9.17) is 4.74 Å². The van der Waals surface area contributed by atoms with Crippen molar-refractivity contribution in [3.63, 3.8) is 0 Å². The number of hydrogen-bond donors (Lipinski definition) is 2. The molecule has 5 nitrogen and oxygen atoms in total. The molecule has 0 heterocycles. The van der Waals surface area contributed by atoms with Gasteiger partial charge in [0.2, 0.25) is 0 Å². The summed E-state index contributed by atoms with van der Waals surface area (Å²) >= 11 is 0. The van der Waals surface area contributed by atoms with Crippen molar-refractivity contribution in [2.75, 3.05) is 6.61 Å². The van der Waals surface area contributed by atoms with Crippen LogP contribution in [0.15, 0.2) is 97.1 Å². The van der Waals surface area contributed by atoms with Crippen LogP contribution in [0, 0.1) is 0 Å². The van der Waals surface area contributed by atoms with Crippen molar-refractivity contribution >= 4 is 0 Å². The maximum absolute atomic E-state index is 13.7. The number of hydrogen-bond acceptors (Lipinski definition) is 5. The number of benzene rings is 4. The molecule has 2 N–H and O–H groups in total. The van der Waals surface area contributed by atoms with Crippen LogP contribution in [0.1, 0.15) is 34.3 Å². The van der Waals surface area contributed by atoms with Crippen molar-refractivity contribution in [2.45, 2.75) is 37.2 Å². The molecule has 246 valence electrons. The van der Waals surface area contributed by atoms with Gasteiger partial charge >= 0.3 is 25.1 Å². The van der Waals surface area contributed by atoms with Crippen molar-refractivity contribution in [2.24, 2.45) is 0 Å². The van der Waals surface area contributed by atoms with Crippen LogP contribution in [0.4, 0.5) is 43.9 Å². The Bertz CT molecular complexity index is 1580. The fraction of sp³-hybridized carbons (Fsp3) is 0.226. The fourth-order valence-corrected chi connectivity index (χ4v) is 4.31. The van der Waals surface area contributed by atoms with E-state index in [2.05, 4.69) is 14.8 Å². The average molecular weight is 664 g/mol. The first-order valence-corrected chi connectivity index (χ1v) is 13.2. The van der Waals surface area contributed by atoms with Gasteiger partial charge in [0, 0.05) is 0 Å². The minimum atomic E-state index is -4.90. The smallest absolute Gasteiger partial charge is 0.457 e. The zero-order valence-electron chi connectivity index (χ0n) is 23.1. The van der Waals surface area contributed by atoms with E-state index in [1.165, 1.54) is 42.5 Å². The molecule has 0 spiro atoms. The zero-order valence-corrected chi connectivity index (χ0v) is 23.1. The van der Waals surface area contributed by atoms with Gasteiger partial charge in [-0.25, -0.2) is 0 Å². The van der Waals surface area contributed by atoms with Crippen LogP contribution < -0.4 is 19.5 Å². The second-order valence-corrected chi connectivity index (χ2v) is 9.69. The minimum absolute atomic E-state index is 0.110. The largest absolute Gasteiger partial charge is 0.573 e. The maximum Gasteiger partial charge on any atom is 0.573 e. The van der Waals surface area contributed by atoms with Gasteiger partial charge in [0.1, 0.15) is 23.0 Å². The number of aliphatic hydroxyl groups excluding tert-OH is 1. The molecule has 0 aliphatic rings. The number of nitrogens with one attached hydrogen (secondary N) is 1. The number of alkyl halides is 10. The number of rotatable bonds is 12. The summed E-state index contributed by atoms with van der Waals surface area (Å²) in [5, 5.41) is 13.2. The van der Waals surface area contributed by atoms with Crippen LogP contribution >= 0.6 is 0 Å². The average Bonchev–Trinajstić information content (AvgIpc) is 2.98. The van der Waals surface area contributed by atoms with Crippen LogP contribution in [-0.2, 0) is 6.18 Å². The van der Waals surface area contributed by atoms with E-state index in [0.29, 0.717) is 5.56 Å². The molecule has 0 saturated heterocycles. The van der Waals surface area contributed by atoms with Crippen molar-refractivity contribution in [3.05, 3.63) is 119 Å². The Kier molecular flexibility index (Phi) is 10.4. The van der Waals surface area contributed by atoms with Crippen molar-refractivity contribution in [3.8, 4) is 23.0 Å². The molecule has 4 aromatic carbocycles. The molecular formula is C31H23F10NO4. The predicted molar refractivity (Wildman–Crippen MR) is 144 cm³/mol. The van der Waals surface area contributed by atoms with Gasteiger partial charge in [-0.2, -0.15) is 30.7 Å². The number of ether oxygens (including phenoxy) is 3. The molecule has 0 saturated carbocycles. The molecule has 0 aliphatic heterocycles. The lowest BCUT2D eigenvalue weighted by atomic mass is 9.95. The highest BCUT2D eigenvalue weighted by atomic mass is 19.4. The summed E-state index contributed by atoms with van der Waals surface area (Å²) in [7, 11) is 0. The first kappa shape index (κ1) is 34.4. The molecule has 0 amide bonds. The molecule has 0 radical (unpaired) electrons. The summed E-state index contributed by atoms with van der Waals surface area (Å²) in [5.74, 6) is -0.853. The molecule has 46 heavy (non-hydrogen) atoms. The SMILES string of the molecule is OCC(NC(c1cccc(Oc2ccc(OC(F)(F)F)cc2)c1)c1cccc(OC(F)(F)C(F)F)c1)c1ccc(C(F)(F)F)cc1. The van der Waals surface area contributed by atoms with Gasteiger partial charge in [-0.15, -0.1) is 13.2 Å². The lowest BCUT2D eigenvalue weighted by Crippen LogP contribution is -2.33. The van der Waals surface area contributed by atoms with Crippen molar-refractivity contribution < 1.29 is 63.2 Å². The van der Waals surface area contributed by atoms with E-state index >= 15 is 0 Å². The van der Waals surface area contributed by atoms with E-state index in [1.54, 1.807) is 6.07 Å². The van der Waals surface area contributed by atoms with Crippen molar-refractivity contribution in [1.29, 1.82) is 0 Å². The normalized spacial score (nSPS) is 13.7. The highest BCUT2D eigenvalue weighted by molar-refractivity contribution is 5.42. The van der Waals surface area contributed by atoms with Crippen LogP contribution in [0.2, 0.25) is 0 Å². The van der Waals surface area contributed by atoms with E-state index in [0.717, 1.165) is 48.5 Å². The molecule has 0 aliphatic carbocycles. The third kappa shape index (κ3) is 9.26. The number of aliphatic hydroxyl groups is 1. The van der Waals surface area contributed by atoms with Gasteiger partial charge in [0.05, 0.1) is 24.3 Å². The summed E-state index contributed by atoms with van der Waals surface area (Å²) in [5.41, 5.74) is -0.195. The second kappa shape index (κ2) is 13.9. The Morgan fingerprint density at radius 2 is 1.15 bits per heavy atom. The summed E-state index contributed by atoms with van der Waals surface area (Å²) in [6, 6.07) is 17.1. The van der Waals surface area contributed by atoms with Crippen molar-refractivity contribution in [1.82, 2.24) is 5.32 Å². The first-order valence-electron chi connectivity index (χ1n) is 13.2. The van der Waals surface area contributed by atoms with E-state index < -0.39 is 60.8 Å². The third-order valence-corrected chi connectivity index (χ3v) is 6.37. The Hall–Kier alpha value is -4.50. The maximum atomic E-state index is 13.7. The Balaban J connectivity index is 1.68. The van der Waals surface area contributed by atoms with Crippen LogP contribution in [-0.4, -0.2) is 30.6 Å². The van der Waals surface area contributed by atoms with Gasteiger partial charge in [-0.1, -0.05) is 36.4 Å². The van der Waals surface area contributed by atoms with Gasteiger partial charge in [0.15, 0.2) is 0 Å². The summed E-state index contributed by atoms with van der Waals surface area (Å²) in [6.07, 6.45) is -18.5. The molecule has 2 unspecified atom stereocenters. The molecule has 4 aromatic rings. The molecule has 0 fully saturated rings. The monoisotopic (exact) mass is 663 g/mol. The Labute approximate surface area is 254 Å². The summed E-state index contributed by atoms with van der Waals surface area (Å²) in [6.45, 7) is -0.635. The molecule has 0 bridgehead atoms. The van der Waals surface area contributed by atoms with Gasteiger partial charge in [-0.05, 0) is 77.4 Å². The highest BCUT2D eigenvalue weighted by Gasteiger charge is 2.44. The first-order chi connectivity index (χ1) is 21.5. The van der Waals surface area contributed by atoms with E-state index in [1.807, 2.05) is 0 Å². The van der Waals surface area contributed by atoms with Gasteiger partial charge in [0.25, 0.3) is 0 Å². The van der Waals surface area contributed by atoms with Gasteiger partial charge < -0.3 is 19.3 Å². The highest BCUT2D eigenvalue weighted by Crippen LogP contribution is 2.35. The molecule has 0 aromatic heterocycles. The molecular weight excluding hydrogens is 640 g/mol. The lowest BCUT2D eigenvalue weighted by molar-refractivity contribution is -0.274. The molecule has 15 heteroatoms. The lowest BCUT2D eigenvalue weighted by Gasteiger charge is -2.27. The fourth-order valence-electron chi connectivity index (χ4n) is 4.31. The summed E-state index contributed by atoms with van der Waals surface area (Å²) < 4.78 is 143. The van der Waals surface area contributed by atoms with E-state index in [9.17, 15) is 49.0 Å².